The van der Waals surface area contributed by atoms with Gasteiger partial charge in [0.05, 0.1) is 6.10 Å². The van der Waals surface area contributed by atoms with Gasteiger partial charge in [0.15, 0.2) is 13.1 Å². The van der Waals surface area contributed by atoms with Gasteiger partial charge in [-0.25, -0.2) is 0 Å². The molecule has 3 aliphatic rings. The minimum atomic E-state index is -0.297. The molecule has 5 unspecified atom stereocenters. The molecule has 3 fully saturated rings. The van der Waals surface area contributed by atoms with E-state index in [9.17, 15) is 0 Å². The lowest BCUT2D eigenvalue weighted by molar-refractivity contribution is -0.243. The molecule has 0 amide bonds. The van der Waals surface area contributed by atoms with Crippen molar-refractivity contribution >= 4 is 0 Å². The Morgan fingerprint density at radius 2 is 1.80 bits per heavy atom. The zero-order valence-electron chi connectivity index (χ0n) is 8.33. The summed E-state index contributed by atoms with van der Waals surface area (Å²) < 4.78 is 27.4. The highest BCUT2D eigenvalue weighted by molar-refractivity contribution is 4.97. The van der Waals surface area contributed by atoms with Crippen LogP contribution in [0.25, 0.3) is 0 Å². The van der Waals surface area contributed by atoms with E-state index in [1.807, 2.05) is 6.08 Å². The summed E-state index contributed by atoms with van der Waals surface area (Å²) in [6, 6.07) is 0. The van der Waals surface area contributed by atoms with E-state index in [-0.39, 0.29) is 44.3 Å². The highest BCUT2D eigenvalue weighted by atomic mass is 16.8. The van der Waals surface area contributed by atoms with Crippen molar-refractivity contribution in [3.8, 4) is 0 Å². The molecule has 3 heterocycles. The second-order valence-electron chi connectivity index (χ2n) is 3.86. The van der Waals surface area contributed by atoms with Crippen molar-refractivity contribution in [2.45, 2.75) is 37.1 Å². The molecule has 5 atom stereocenters. The van der Waals surface area contributed by atoms with Crippen LogP contribution in [0.4, 0.5) is 0 Å². The summed E-state index contributed by atoms with van der Waals surface area (Å²) in [6.07, 6.45) is 2.00. The average Bonchev–Trinajstić information content (AvgIpc) is 2.79. The summed E-state index contributed by atoms with van der Waals surface area (Å²) in [4.78, 5) is 0. The summed E-state index contributed by atoms with van der Waals surface area (Å²) in [7, 11) is 0. The van der Waals surface area contributed by atoms with Crippen molar-refractivity contribution in [1.82, 2.24) is 0 Å². The molecule has 5 nitrogen and oxygen atoms in total. The van der Waals surface area contributed by atoms with Crippen molar-refractivity contribution in [3.63, 3.8) is 0 Å². The largest absolute Gasteiger partial charge is 0.349 e. The summed E-state index contributed by atoms with van der Waals surface area (Å²) >= 11 is 0. The Morgan fingerprint density at radius 1 is 1.00 bits per heavy atom. The van der Waals surface area contributed by atoms with Crippen LogP contribution in [0.3, 0.4) is 0 Å². The van der Waals surface area contributed by atoms with Crippen molar-refractivity contribution < 1.29 is 23.7 Å². The van der Waals surface area contributed by atoms with E-state index in [1.54, 1.807) is 0 Å². The van der Waals surface area contributed by atoms with Crippen LogP contribution in [0.1, 0.15) is 6.42 Å². The van der Waals surface area contributed by atoms with Crippen molar-refractivity contribution in [1.29, 1.82) is 0 Å². The normalized spacial score (nSPS) is 48.7. The maximum atomic E-state index is 5.71. The van der Waals surface area contributed by atoms with E-state index >= 15 is 0 Å². The first-order chi connectivity index (χ1) is 7.40. The molecule has 0 aromatic heterocycles. The fraction of sp³-hybridized carbons (Fsp3) is 0.800. The summed E-state index contributed by atoms with van der Waals surface area (Å²) in [5, 5.41) is 0. The highest BCUT2D eigenvalue weighted by Crippen LogP contribution is 2.36. The molecule has 0 aromatic rings. The van der Waals surface area contributed by atoms with Crippen LogP contribution in [0.15, 0.2) is 12.7 Å². The van der Waals surface area contributed by atoms with Crippen molar-refractivity contribution in [3.05, 3.63) is 12.7 Å². The Labute approximate surface area is 87.9 Å². The minimum Gasteiger partial charge on any atom is -0.349 e. The third-order valence-electron chi connectivity index (χ3n) is 3.01. The summed E-state index contributed by atoms with van der Waals surface area (Å²) in [5.41, 5.74) is 0. The molecule has 0 radical (unpaired) electrons. The molecule has 3 aliphatic heterocycles. The predicted molar refractivity (Wildman–Crippen MR) is 48.9 cm³/mol. The van der Waals surface area contributed by atoms with Gasteiger partial charge < -0.3 is 23.7 Å². The van der Waals surface area contributed by atoms with Gasteiger partial charge in [0.25, 0.3) is 0 Å². The third-order valence-corrected chi connectivity index (χ3v) is 3.01. The fourth-order valence-corrected chi connectivity index (χ4v) is 2.30. The fourth-order valence-electron chi connectivity index (χ4n) is 2.30. The molecule has 0 aliphatic carbocycles. The van der Waals surface area contributed by atoms with Crippen molar-refractivity contribution in [2.24, 2.45) is 0 Å². The van der Waals surface area contributed by atoms with Gasteiger partial charge in [0.1, 0.15) is 25.1 Å². The monoisotopic (exact) mass is 214 g/mol. The molecule has 0 saturated carbocycles. The number of hydrogen-bond donors (Lipinski definition) is 0. The first-order valence-corrected chi connectivity index (χ1v) is 5.13. The van der Waals surface area contributed by atoms with Crippen LogP contribution in [0.2, 0.25) is 0 Å². The highest BCUT2D eigenvalue weighted by Gasteiger charge is 2.54. The standard InChI is InChI=1S/C10H14O5/c1-2-3-6-7-8(12-4-11-6)9-10(15-7)14-5-13-9/h2,6-10H,1,3-5H2. The van der Waals surface area contributed by atoms with Crippen LogP contribution in [0, 0.1) is 0 Å². The first kappa shape index (κ1) is 9.74. The zero-order valence-corrected chi connectivity index (χ0v) is 8.33. The second-order valence-corrected chi connectivity index (χ2v) is 3.86. The van der Waals surface area contributed by atoms with Crippen LogP contribution in [0.5, 0.6) is 0 Å². The quantitative estimate of drug-likeness (QED) is 0.623. The van der Waals surface area contributed by atoms with Gasteiger partial charge >= 0.3 is 0 Å². The molecule has 3 rings (SSSR count). The Kier molecular flexibility index (Phi) is 2.50. The summed E-state index contributed by atoms with van der Waals surface area (Å²) in [5.74, 6) is 0. The molecule has 0 spiro atoms. The Bertz CT molecular complexity index is 256. The smallest absolute Gasteiger partial charge is 0.189 e. The number of hydrogen-bond acceptors (Lipinski definition) is 5. The van der Waals surface area contributed by atoms with E-state index in [0.29, 0.717) is 0 Å². The first-order valence-electron chi connectivity index (χ1n) is 5.13. The molecule has 15 heavy (non-hydrogen) atoms. The van der Waals surface area contributed by atoms with E-state index < -0.39 is 0 Å². The molecule has 0 aromatic carbocycles. The Balaban J connectivity index is 1.75. The molecule has 3 saturated heterocycles. The molecular formula is C10H14O5. The van der Waals surface area contributed by atoms with Crippen LogP contribution >= 0.6 is 0 Å². The molecule has 84 valence electrons. The van der Waals surface area contributed by atoms with Crippen LogP contribution in [-0.2, 0) is 23.7 Å². The maximum Gasteiger partial charge on any atom is 0.189 e. The third kappa shape index (κ3) is 1.51. The minimum absolute atomic E-state index is 0.000880. The van der Waals surface area contributed by atoms with Gasteiger partial charge in [-0.05, 0) is 6.42 Å². The average molecular weight is 214 g/mol. The topological polar surface area (TPSA) is 46.2 Å². The molecule has 0 N–H and O–H groups in total. The number of rotatable bonds is 2. The Morgan fingerprint density at radius 3 is 2.67 bits per heavy atom. The lowest BCUT2D eigenvalue weighted by Crippen LogP contribution is -2.47. The van der Waals surface area contributed by atoms with Gasteiger partial charge in [-0.15, -0.1) is 6.58 Å². The van der Waals surface area contributed by atoms with Gasteiger partial charge in [0.2, 0.25) is 0 Å². The maximum absolute atomic E-state index is 5.71. The summed E-state index contributed by atoms with van der Waals surface area (Å²) in [6.45, 7) is 4.28. The van der Waals surface area contributed by atoms with E-state index in [0.717, 1.165) is 6.42 Å². The Hall–Kier alpha value is -0.460. The van der Waals surface area contributed by atoms with Crippen LogP contribution < -0.4 is 0 Å². The number of fused-ring (bicyclic) bond motifs is 3. The number of ether oxygens (including phenoxy) is 5. The van der Waals surface area contributed by atoms with Gasteiger partial charge in [-0.2, -0.15) is 0 Å². The van der Waals surface area contributed by atoms with E-state index in [1.165, 1.54) is 0 Å². The second kappa shape index (κ2) is 3.84. The van der Waals surface area contributed by atoms with E-state index in [4.69, 9.17) is 23.7 Å². The lowest BCUT2D eigenvalue weighted by Gasteiger charge is -2.33. The predicted octanol–water partition coefficient (Wildman–Crippen LogP) is 0.402. The lowest BCUT2D eigenvalue weighted by atomic mass is 10.0. The molecule has 0 bridgehead atoms. The van der Waals surface area contributed by atoms with Crippen LogP contribution in [-0.4, -0.2) is 44.3 Å². The SMILES string of the molecule is C=CCC1OCOC2C1OC1OCOC12. The molecule has 5 heteroatoms. The van der Waals surface area contributed by atoms with Crippen molar-refractivity contribution in [2.75, 3.05) is 13.6 Å². The van der Waals surface area contributed by atoms with E-state index in [2.05, 4.69) is 6.58 Å². The van der Waals surface area contributed by atoms with Gasteiger partial charge in [-0.3, -0.25) is 0 Å². The zero-order chi connectivity index (χ0) is 10.3. The molecular weight excluding hydrogens is 200 g/mol. The van der Waals surface area contributed by atoms with Gasteiger partial charge in [0, 0.05) is 0 Å². The van der Waals surface area contributed by atoms with Gasteiger partial charge in [-0.1, -0.05) is 6.08 Å².